The van der Waals surface area contributed by atoms with Gasteiger partial charge in [-0.1, -0.05) is 6.58 Å². The van der Waals surface area contributed by atoms with Crippen LogP contribution in [0.4, 0.5) is 0 Å². The Hall–Kier alpha value is -1.83. The molecular weight excluding hydrogens is 220 g/mol. The first-order valence-electron chi connectivity index (χ1n) is 5.70. The molecule has 0 aromatic rings. The third-order valence-electron chi connectivity index (χ3n) is 4.26. The van der Waals surface area contributed by atoms with Gasteiger partial charge >= 0.3 is 5.97 Å². The van der Waals surface area contributed by atoms with Crippen LogP contribution in [-0.4, -0.2) is 24.0 Å². The summed E-state index contributed by atoms with van der Waals surface area (Å²) in [7, 11) is 0. The number of nitriles is 1. The van der Waals surface area contributed by atoms with Gasteiger partial charge in [0.25, 0.3) is 0 Å². The lowest BCUT2D eigenvalue weighted by Gasteiger charge is -2.28. The van der Waals surface area contributed by atoms with Crippen molar-refractivity contribution in [2.45, 2.75) is 18.6 Å². The van der Waals surface area contributed by atoms with Gasteiger partial charge in [0.2, 0.25) is 5.91 Å². The molecule has 17 heavy (non-hydrogen) atoms. The molecule has 2 aliphatic carbocycles. The molecule has 1 N–H and O–H groups in total. The van der Waals surface area contributed by atoms with Crippen LogP contribution < -0.4 is 5.32 Å². The quantitative estimate of drug-likeness (QED) is 0.536. The zero-order valence-electron chi connectivity index (χ0n) is 9.13. The molecular formula is C12H12N2O3. The van der Waals surface area contributed by atoms with Crippen molar-refractivity contribution >= 4 is 11.9 Å². The second-order valence-corrected chi connectivity index (χ2v) is 4.88. The molecule has 3 aliphatic rings. The lowest BCUT2D eigenvalue weighted by Crippen LogP contribution is -2.48. The maximum Gasteiger partial charge on any atom is 0.311 e. The number of hydrogen-bond acceptors (Lipinski definition) is 4. The number of ether oxygens (including phenoxy) is 1. The molecule has 5 heteroatoms. The van der Waals surface area contributed by atoms with Crippen molar-refractivity contribution in [3.05, 3.63) is 12.7 Å². The fraction of sp³-hybridized carbons (Fsp3) is 0.583. The van der Waals surface area contributed by atoms with Gasteiger partial charge < -0.3 is 10.1 Å². The fourth-order valence-electron chi connectivity index (χ4n) is 3.64. The molecule has 6 atom stereocenters. The Balaban J connectivity index is 1.90. The first kappa shape index (κ1) is 10.3. The molecule has 0 aromatic heterocycles. The SMILES string of the molecule is C=CC(=O)NC1C2CC3C1OC(=O)C3C2C#N. The van der Waals surface area contributed by atoms with E-state index in [0.29, 0.717) is 0 Å². The van der Waals surface area contributed by atoms with E-state index in [4.69, 9.17) is 10.00 Å². The largest absolute Gasteiger partial charge is 0.460 e. The highest BCUT2D eigenvalue weighted by atomic mass is 16.6. The third-order valence-corrected chi connectivity index (χ3v) is 4.26. The molecule has 6 unspecified atom stereocenters. The lowest BCUT2D eigenvalue weighted by atomic mass is 9.78. The average Bonchev–Trinajstić information content (AvgIpc) is 2.91. The van der Waals surface area contributed by atoms with E-state index in [0.717, 1.165) is 6.42 Å². The number of carbonyl (C=O) groups excluding carboxylic acids is 2. The normalized spacial score (nSPS) is 45.2. The first-order valence-corrected chi connectivity index (χ1v) is 5.70. The van der Waals surface area contributed by atoms with E-state index < -0.39 is 0 Å². The van der Waals surface area contributed by atoms with Crippen LogP contribution in [0.25, 0.3) is 0 Å². The molecule has 88 valence electrons. The summed E-state index contributed by atoms with van der Waals surface area (Å²) in [6, 6.07) is 1.97. The van der Waals surface area contributed by atoms with Crippen molar-refractivity contribution in [3.8, 4) is 6.07 Å². The maximum atomic E-state index is 11.7. The monoisotopic (exact) mass is 232 g/mol. The van der Waals surface area contributed by atoms with Gasteiger partial charge in [0, 0.05) is 5.92 Å². The number of nitrogens with zero attached hydrogens (tertiary/aromatic N) is 1. The second kappa shape index (κ2) is 3.33. The number of fused-ring (bicyclic) bond motifs is 1. The van der Waals surface area contributed by atoms with Gasteiger partial charge in [-0.3, -0.25) is 9.59 Å². The minimum Gasteiger partial charge on any atom is -0.460 e. The maximum absolute atomic E-state index is 11.7. The molecule has 5 nitrogen and oxygen atoms in total. The van der Waals surface area contributed by atoms with Gasteiger partial charge in [0.15, 0.2) is 0 Å². The molecule has 1 amide bonds. The Morgan fingerprint density at radius 3 is 3.00 bits per heavy atom. The van der Waals surface area contributed by atoms with Crippen LogP contribution in [0.1, 0.15) is 6.42 Å². The van der Waals surface area contributed by atoms with Crippen molar-refractivity contribution in [1.29, 1.82) is 5.26 Å². The smallest absolute Gasteiger partial charge is 0.311 e. The zero-order chi connectivity index (χ0) is 12.2. The highest BCUT2D eigenvalue weighted by Gasteiger charge is 2.67. The molecule has 0 radical (unpaired) electrons. The molecule has 3 rings (SSSR count). The van der Waals surface area contributed by atoms with Crippen LogP contribution in [0.2, 0.25) is 0 Å². The molecule has 0 spiro atoms. The van der Waals surface area contributed by atoms with Crippen molar-refractivity contribution < 1.29 is 14.3 Å². The number of esters is 1. The van der Waals surface area contributed by atoms with E-state index in [1.54, 1.807) is 0 Å². The minimum absolute atomic E-state index is 0.0374. The summed E-state index contributed by atoms with van der Waals surface area (Å²) >= 11 is 0. The Kier molecular flexibility index (Phi) is 2.02. The molecule has 1 saturated heterocycles. The average molecular weight is 232 g/mol. The first-order chi connectivity index (χ1) is 8.17. The van der Waals surface area contributed by atoms with Crippen LogP contribution in [0, 0.1) is 35.0 Å². The lowest BCUT2D eigenvalue weighted by molar-refractivity contribution is -0.144. The number of amides is 1. The number of nitrogens with one attached hydrogen (secondary N) is 1. The van der Waals surface area contributed by atoms with E-state index in [9.17, 15) is 9.59 Å². The minimum atomic E-state index is -0.318. The van der Waals surface area contributed by atoms with Crippen LogP contribution in [-0.2, 0) is 14.3 Å². The molecule has 3 fully saturated rings. The van der Waals surface area contributed by atoms with Gasteiger partial charge in [-0.15, -0.1) is 0 Å². The van der Waals surface area contributed by atoms with Gasteiger partial charge in [-0.05, 0) is 18.4 Å². The van der Waals surface area contributed by atoms with Crippen molar-refractivity contribution in [3.63, 3.8) is 0 Å². The fourth-order valence-corrected chi connectivity index (χ4v) is 3.64. The summed E-state index contributed by atoms with van der Waals surface area (Å²) in [5, 5.41) is 11.9. The van der Waals surface area contributed by atoms with Gasteiger partial charge in [0.05, 0.1) is 23.9 Å². The van der Waals surface area contributed by atoms with Crippen LogP contribution in [0.15, 0.2) is 12.7 Å². The summed E-state index contributed by atoms with van der Waals surface area (Å²) in [6.45, 7) is 3.40. The van der Waals surface area contributed by atoms with Crippen LogP contribution >= 0.6 is 0 Å². The van der Waals surface area contributed by atoms with Gasteiger partial charge in [0.1, 0.15) is 6.10 Å². The third kappa shape index (κ3) is 1.18. The predicted molar refractivity (Wildman–Crippen MR) is 56.2 cm³/mol. The Morgan fingerprint density at radius 1 is 1.59 bits per heavy atom. The molecule has 0 aromatic carbocycles. The summed E-state index contributed by atoms with van der Waals surface area (Å²) in [5.74, 6) is -1.00. The molecule has 2 bridgehead atoms. The Morgan fingerprint density at radius 2 is 2.35 bits per heavy atom. The second-order valence-electron chi connectivity index (χ2n) is 4.88. The van der Waals surface area contributed by atoms with Gasteiger partial charge in [-0.2, -0.15) is 5.26 Å². The summed E-state index contributed by atoms with van der Waals surface area (Å²) < 4.78 is 5.29. The molecule has 1 aliphatic heterocycles. The van der Waals surface area contributed by atoms with Crippen molar-refractivity contribution in [1.82, 2.24) is 5.32 Å². The predicted octanol–water partition coefficient (Wildman–Crippen LogP) is -0.0117. The van der Waals surface area contributed by atoms with E-state index in [1.807, 2.05) is 0 Å². The zero-order valence-corrected chi connectivity index (χ0v) is 9.13. The topological polar surface area (TPSA) is 79.2 Å². The van der Waals surface area contributed by atoms with E-state index in [1.165, 1.54) is 6.08 Å². The van der Waals surface area contributed by atoms with E-state index >= 15 is 0 Å². The summed E-state index contributed by atoms with van der Waals surface area (Å²) in [6.07, 6.45) is 1.74. The highest BCUT2D eigenvalue weighted by molar-refractivity contribution is 5.87. The molecule has 1 heterocycles. The van der Waals surface area contributed by atoms with Crippen molar-refractivity contribution in [2.75, 3.05) is 0 Å². The van der Waals surface area contributed by atoms with E-state index in [2.05, 4.69) is 18.0 Å². The van der Waals surface area contributed by atoms with Crippen LogP contribution in [0.3, 0.4) is 0 Å². The number of hydrogen-bond donors (Lipinski definition) is 1. The summed E-state index contributed by atoms with van der Waals surface area (Å²) in [4.78, 5) is 23.0. The van der Waals surface area contributed by atoms with Crippen LogP contribution in [0.5, 0.6) is 0 Å². The number of carbonyl (C=O) groups is 2. The summed E-state index contributed by atoms with van der Waals surface area (Å²) in [5.41, 5.74) is 0. The number of rotatable bonds is 2. The highest BCUT2D eigenvalue weighted by Crippen LogP contribution is 2.57. The van der Waals surface area contributed by atoms with Crippen molar-refractivity contribution in [2.24, 2.45) is 23.7 Å². The molecule has 2 saturated carbocycles. The standard InChI is InChI=1S/C12H12N2O3/c1-2-8(15)14-10-5-3-6-9(7(5)4-13)12(16)17-11(6)10/h2,5-7,9-11H,1,3H2,(H,14,15). The Bertz CT molecular complexity index is 453. The van der Waals surface area contributed by atoms with Gasteiger partial charge in [-0.25, -0.2) is 0 Å². The van der Waals surface area contributed by atoms with E-state index in [-0.39, 0.29) is 47.7 Å². The Labute approximate surface area is 98.4 Å².